The second kappa shape index (κ2) is 9.44. The van der Waals surface area contributed by atoms with Crippen molar-refractivity contribution in [3.8, 4) is 11.5 Å². The van der Waals surface area contributed by atoms with Gasteiger partial charge in [-0.25, -0.2) is 9.97 Å². The molecule has 0 radical (unpaired) electrons. The molecule has 0 saturated heterocycles. The molecule has 0 aliphatic carbocycles. The van der Waals surface area contributed by atoms with Gasteiger partial charge in [0.25, 0.3) is 0 Å². The Hall–Kier alpha value is -3.82. The van der Waals surface area contributed by atoms with Gasteiger partial charge in [-0.3, -0.25) is 4.99 Å². The van der Waals surface area contributed by atoms with Crippen LogP contribution in [0.15, 0.2) is 53.8 Å². The van der Waals surface area contributed by atoms with Crippen molar-refractivity contribution in [1.29, 1.82) is 0 Å². The lowest BCUT2D eigenvalue weighted by Gasteiger charge is -2.24. The summed E-state index contributed by atoms with van der Waals surface area (Å²) in [5.74, 6) is 2.03. The molecular weight excluding hydrogens is 459 g/mol. The molecule has 0 fully saturated rings. The van der Waals surface area contributed by atoms with E-state index in [1.807, 2.05) is 18.2 Å². The standard InChI is InChI=1S/C25H24F3N5O2/c1-2-33(17-6-8-21-22(13-17)35-15-34-21)11-10-30-24-19-12-16(5-7-20(19)31-14-32-24)18-4-3-9-29-23(18)25(26,27)28/h4-8,12-14H,2-3,9-11,15H2,1H3,(H,30,31,32). The number of rotatable bonds is 7. The lowest BCUT2D eigenvalue weighted by Crippen LogP contribution is -2.29. The molecule has 2 aromatic carbocycles. The van der Waals surface area contributed by atoms with E-state index in [9.17, 15) is 13.2 Å². The van der Waals surface area contributed by atoms with Gasteiger partial charge in [-0.2, -0.15) is 13.2 Å². The number of benzene rings is 2. The number of allylic oxidation sites excluding steroid dienone is 1. The molecule has 0 spiro atoms. The fourth-order valence-corrected chi connectivity index (χ4v) is 4.29. The molecule has 0 atom stereocenters. The van der Waals surface area contributed by atoms with Crippen molar-refractivity contribution in [2.75, 3.05) is 43.2 Å². The summed E-state index contributed by atoms with van der Waals surface area (Å²) in [5.41, 5.74) is 1.37. The fourth-order valence-electron chi connectivity index (χ4n) is 4.29. The second-order valence-electron chi connectivity index (χ2n) is 8.13. The highest BCUT2D eigenvalue weighted by atomic mass is 19.4. The summed E-state index contributed by atoms with van der Waals surface area (Å²) < 4.78 is 51.5. The van der Waals surface area contributed by atoms with E-state index in [0.29, 0.717) is 41.8 Å². The molecule has 10 heteroatoms. The highest BCUT2D eigenvalue weighted by Gasteiger charge is 2.39. The first-order valence-corrected chi connectivity index (χ1v) is 11.4. The first-order chi connectivity index (χ1) is 16.9. The summed E-state index contributed by atoms with van der Waals surface area (Å²) in [6.07, 6.45) is -0.996. The molecule has 0 saturated carbocycles. The Kier molecular flexibility index (Phi) is 6.19. The highest BCUT2D eigenvalue weighted by Crippen LogP contribution is 2.36. The molecule has 5 rings (SSSR count). The van der Waals surface area contributed by atoms with E-state index >= 15 is 0 Å². The van der Waals surface area contributed by atoms with Crippen molar-refractivity contribution in [3.05, 3.63) is 54.4 Å². The number of hydrogen-bond donors (Lipinski definition) is 1. The van der Waals surface area contributed by atoms with E-state index in [1.54, 1.807) is 24.3 Å². The zero-order chi connectivity index (χ0) is 24.4. The summed E-state index contributed by atoms with van der Waals surface area (Å²) in [6.45, 7) is 4.45. The molecule has 2 aliphatic heterocycles. The third-order valence-corrected chi connectivity index (χ3v) is 5.99. The summed E-state index contributed by atoms with van der Waals surface area (Å²) in [7, 11) is 0. The van der Waals surface area contributed by atoms with Gasteiger partial charge < -0.3 is 19.7 Å². The predicted molar refractivity (Wildman–Crippen MR) is 129 cm³/mol. The SMILES string of the molecule is CCN(CCNc1ncnc2ccc(C3=CCCN=C3C(F)(F)F)cc12)c1ccc2c(c1)OCO2. The molecule has 0 amide bonds. The third-order valence-electron chi connectivity index (χ3n) is 5.99. The zero-order valence-corrected chi connectivity index (χ0v) is 19.1. The zero-order valence-electron chi connectivity index (χ0n) is 19.1. The van der Waals surface area contributed by atoms with Crippen molar-refractivity contribution in [2.24, 2.45) is 4.99 Å². The maximum absolute atomic E-state index is 13.5. The average Bonchev–Trinajstić information content (AvgIpc) is 3.34. The van der Waals surface area contributed by atoms with Crippen LogP contribution < -0.4 is 19.7 Å². The first-order valence-electron chi connectivity index (χ1n) is 11.4. The molecule has 1 N–H and O–H groups in total. The minimum atomic E-state index is -4.51. The summed E-state index contributed by atoms with van der Waals surface area (Å²) in [4.78, 5) is 14.6. The molecule has 1 aromatic heterocycles. The number of dihydropyridines is 1. The number of nitrogens with zero attached hydrogens (tertiary/aromatic N) is 4. The van der Waals surface area contributed by atoms with Crippen LogP contribution in [0.2, 0.25) is 0 Å². The number of nitrogens with one attached hydrogen (secondary N) is 1. The van der Waals surface area contributed by atoms with E-state index in [-0.39, 0.29) is 18.9 Å². The van der Waals surface area contributed by atoms with E-state index in [4.69, 9.17) is 9.47 Å². The number of alkyl halides is 3. The lowest BCUT2D eigenvalue weighted by atomic mass is 9.96. The van der Waals surface area contributed by atoms with Crippen LogP contribution in [-0.4, -0.2) is 54.8 Å². The molecule has 35 heavy (non-hydrogen) atoms. The topological polar surface area (TPSA) is 71.9 Å². The van der Waals surface area contributed by atoms with Crippen molar-refractivity contribution in [2.45, 2.75) is 19.5 Å². The monoisotopic (exact) mass is 483 g/mol. The number of likely N-dealkylation sites (N-methyl/N-ethyl adjacent to an activating group) is 1. The number of fused-ring (bicyclic) bond motifs is 2. The Bertz CT molecular complexity index is 1310. The van der Waals surface area contributed by atoms with Crippen LogP contribution in [0.3, 0.4) is 0 Å². The van der Waals surface area contributed by atoms with E-state index in [1.165, 1.54) is 6.33 Å². The van der Waals surface area contributed by atoms with Crippen molar-refractivity contribution in [1.82, 2.24) is 9.97 Å². The van der Waals surface area contributed by atoms with Gasteiger partial charge in [-0.1, -0.05) is 12.1 Å². The molecule has 0 unspecified atom stereocenters. The Labute approximate surface area is 200 Å². The van der Waals surface area contributed by atoms with Crippen LogP contribution in [0.25, 0.3) is 16.5 Å². The smallest absolute Gasteiger partial charge is 0.433 e. The maximum atomic E-state index is 13.5. The molecular formula is C25H24F3N5O2. The summed E-state index contributed by atoms with van der Waals surface area (Å²) in [5, 5.41) is 3.98. The van der Waals surface area contributed by atoms with Gasteiger partial charge in [0, 0.05) is 48.9 Å². The Morgan fingerprint density at radius 3 is 2.74 bits per heavy atom. The average molecular weight is 483 g/mol. The quantitative estimate of drug-likeness (QED) is 0.505. The Morgan fingerprint density at radius 1 is 1.06 bits per heavy atom. The first kappa shape index (κ1) is 22.9. The third kappa shape index (κ3) is 4.73. The maximum Gasteiger partial charge on any atom is 0.433 e. The number of anilines is 2. The minimum Gasteiger partial charge on any atom is -0.454 e. The van der Waals surface area contributed by atoms with E-state index < -0.39 is 11.9 Å². The van der Waals surface area contributed by atoms with E-state index in [0.717, 1.165) is 23.7 Å². The number of aliphatic imine (C=N–C) groups is 1. The normalized spacial score (nSPS) is 15.1. The van der Waals surface area contributed by atoms with Crippen LogP contribution in [0.4, 0.5) is 24.7 Å². The van der Waals surface area contributed by atoms with Gasteiger partial charge in [0.2, 0.25) is 6.79 Å². The van der Waals surface area contributed by atoms with Crippen LogP contribution in [0.1, 0.15) is 18.9 Å². The van der Waals surface area contributed by atoms with Gasteiger partial charge in [0.15, 0.2) is 11.5 Å². The summed E-state index contributed by atoms with van der Waals surface area (Å²) in [6, 6.07) is 10.9. The van der Waals surface area contributed by atoms with E-state index in [2.05, 4.69) is 32.1 Å². The van der Waals surface area contributed by atoms with Crippen LogP contribution in [0.5, 0.6) is 11.5 Å². The molecule has 7 nitrogen and oxygen atoms in total. The Balaban J connectivity index is 1.35. The highest BCUT2D eigenvalue weighted by molar-refractivity contribution is 6.27. The fraction of sp³-hybridized carbons (Fsp3) is 0.320. The Morgan fingerprint density at radius 2 is 1.91 bits per heavy atom. The molecule has 3 aromatic rings. The van der Waals surface area contributed by atoms with Crippen molar-refractivity contribution in [3.63, 3.8) is 0 Å². The van der Waals surface area contributed by atoms with Crippen molar-refractivity contribution < 1.29 is 22.6 Å². The van der Waals surface area contributed by atoms with Gasteiger partial charge in [0.05, 0.1) is 5.52 Å². The predicted octanol–water partition coefficient (Wildman–Crippen LogP) is 5.09. The molecule has 3 heterocycles. The largest absolute Gasteiger partial charge is 0.454 e. The van der Waals surface area contributed by atoms with Crippen LogP contribution >= 0.6 is 0 Å². The number of aromatic nitrogens is 2. The van der Waals surface area contributed by atoms with Crippen LogP contribution in [-0.2, 0) is 0 Å². The number of hydrogen-bond acceptors (Lipinski definition) is 7. The minimum absolute atomic E-state index is 0.0976. The van der Waals surface area contributed by atoms with Crippen molar-refractivity contribution >= 4 is 33.7 Å². The summed E-state index contributed by atoms with van der Waals surface area (Å²) >= 11 is 0. The van der Waals surface area contributed by atoms with Gasteiger partial charge in [0.1, 0.15) is 17.9 Å². The van der Waals surface area contributed by atoms with Gasteiger partial charge >= 0.3 is 6.18 Å². The molecule has 0 bridgehead atoms. The lowest BCUT2D eigenvalue weighted by molar-refractivity contribution is -0.0574. The molecule has 2 aliphatic rings. The number of halogens is 3. The number of ether oxygens (including phenoxy) is 2. The van der Waals surface area contributed by atoms with Crippen LogP contribution in [0, 0.1) is 0 Å². The van der Waals surface area contributed by atoms with Gasteiger partial charge in [-0.15, -0.1) is 0 Å². The molecule has 182 valence electrons. The van der Waals surface area contributed by atoms with Gasteiger partial charge in [-0.05, 0) is 43.2 Å². The second-order valence-corrected chi connectivity index (χ2v) is 8.13.